The minimum absolute atomic E-state index is 0.330. The van der Waals surface area contributed by atoms with Gasteiger partial charge in [0.15, 0.2) is 0 Å². The van der Waals surface area contributed by atoms with Gasteiger partial charge in [0, 0.05) is 11.7 Å². The van der Waals surface area contributed by atoms with Crippen molar-refractivity contribution in [1.82, 2.24) is 0 Å². The van der Waals surface area contributed by atoms with Crippen LogP contribution in [0.2, 0.25) is 0 Å². The molecule has 2 rings (SSSR count). The first-order valence-electron chi connectivity index (χ1n) is 7.02. The SMILES string of the molecule is CC(C)(C)C1CCCCC1Nc1ccc(O)cc1. The predicted octanol–water partition coefficient (Wildman–Crippen LogP) is 4.41. The van der Waals surface area contributed by atoms with Gasteiger partial charge in [0.05, 0.1) is 0 Å². The minimum Gasteiger partial charge on any atom is -0.508 e. The monoisotopic (exact) mass is 247 g/mol. The number of phenols is 1. The first kappa shape index (κ1) is 13.3. The van der Waals surface area contributed by atoms with Gasteiger partial charge >= 0.3 is 0 Å². The van der Waals surface area contributed by atoms with Gasteiger partial charge in [-0.05, 0) is 48.4 Å². The maximum atomic E-state index is 9.32. The molecule has 0 amide bonds. The number of benzene rings is 1. The summed E-state index contributed by atoms with van der Waals surface area (Å²) in [6, 6.07) is 7.98. The summed E-state index contributed by atoms with van der Waals surface area (Å²) in [7, 11) is 0. The maximum Gasteiger partial charge on any atom is 0.115 e. The van der Waals surface area contributed by atoms with Gasteiger partial charge in [-0.2, -0.15) is 0 Å². The Labute approximate surface area is 110 Å². The highest BCUT2D eigenvalue weighted by Gasteiger charge is 2.33. The van der Waals surface area contributed by atoms with Crippen LogP contribution in [0.5, 0.6) is 5.75 Å². The average molecular weight is 247 g/mol. The van der Waals surface area contributed by atoms with Crippen LogP contribution in [0, 0.1) is 11.3 Å². The molecule has 1 aliphatic rings. The molecule has 0 saturated heterocycles. The fourth-order valence-electron chi connectivity index (χ4n) is 3.11. The molecule has 18 heavy (non-hydrogen) atoms. The molecule has 0 aromatic heterocycles. The van der Waals surface area contributed by atoms with E-state index in [1.807, 2.05) is 12.1 Å². The molecule has 1 saturated carbocycles. The third-order valence-electron chi connectivity index (χ3n) is 4.10. The average Bonchev–Trinajstić information content (AvgIpc) is 2.31. The van der Waals surface area contributed by atoms with Crippen LogP contribution in [0.3, 0.4) is 0 Å². The topological polar surface area (TPSA) is 32.3 Å². The van der Waals surface area contributed by atoms with E-state index in [1.54, 1.807) is 12.1 Å². The third-order valence-corrected chi connectivity index (χ3v) is 4.10. The zero-order valence-electron chi connectivity index (χ0n) is 11.7. The molecule has 0 heterocycles. The smallest absolute Gasteiger partial charge is 0.115 e. The van der Waals surface area contributed by atoms with Gasteiger partial charge in [-0.15, -0.1) is 0 Å². The van der Waals surface area contributed by atoms with E-state index >= 15 is 0 Å². The van der Waals surface area contributed by atoms with Gasteiger partial charge < -0.3 is 10.4 Å². The molecule has 1 aromatic rings. The zero-order valence-corrected chi connectivity index (χ0v) is 11.7. The van der Waals surface area contributed by atoms with Crippen LogP contribution in [0.25, 0.3) is 0 Å². The Kier molecular flexibility index (Phi) is 3.84. The highest BCUT2D eigenvalue weighted by Crippen LogP contribution is 2.39. The minimum atomic E-state index is 0.330. The van der Waals surface area contributed by atoms with Gasteiger partial charge in [0.25, 0.3) is 0 Å². The van der Waals surface area contributed by atoms with Crippen LogP contribution in [0.1, 0.15) is 46.5 Å². The molecule has 2 N–H and O–H groups in total. The quantitative estimate of drug-likeness (QED) is 0.759. The Bertz CT molecular complexity index is 377. The molecule has 0 bridgehead atoms. The lowest BCUT2D eigenvalue weighted by Gasteiger charge is -2.41. The summed E-state index contributed by atoms with van der Waals surface area (Å²) in [6.45, 7) is 7.03. The first-order valence-corrected chi connectivity index (χ1v) is 7.02. The van der Waals surface area contributed by atoms with Crippen molar-refractivity contribution in [1.29, 1.82) is 0 Å². The van der Waals surface area contributed by atoms with Crippen molar-refractivity contribution in [3.63, 3.8) is 0 Å². The van der Waals surface area contributed by atoms with E-state index in [1.165, 1.54) is 25.7 Å². The van der Waals surface area contributed by atoms with Crippen LogP contribution < -0.4 is 5.32 Å². The van der Waals surface area contributed by atoms with Crippen molar-refractivity contribution in [3.05, 3.63) is 24.3 Å². The van der Waals surface area contributed by atoms with E-state index in [9.17, 15) is 5.11 Å². The van der Waals surface area contributed by atoms with Gasteiger partial charge in [-0.3, -0.25) is 0 Å². The fourth-order valence-corrected chi connectivity index (χ4v) is 3.11. The summed E-state index contributed by atoms with van der Waals surface area (Å²) in [5.74, 6) is 1.05. The number of anilines is 1. The number of hydrogen-bond acceptors (Lipinski definition) is 2. The van der Waals surface area contributed by atoms with Crippen molar-refractivity contribution in [2.75, 3.05) is 5.32 Å². The second-order valence-electron chi connectivity index (χ2n) is 6.55. The van der Waals surface area contributed by atoms with E-state index in [0.717, 1.165) is 11.6 Å². The zero-order chi connectivity index (χ0) is 13.2. The van der Waals surface area contributed by atoms with Crippen LogP contribution in [0.15, 0.2) is 24.3 Å². The van der Waals surface area contributed by atoms with Crippen molar-refractivity contribution >= 4 is 5.69 Å². The molecule has 1 aliphatic carbocycles. The molecule has 1 fully saturated rings. The third kappa shape index (κ3) is 3.18. The normalized spacial score (nSPS) is 24.8. The fraction of sp³-hybridized carbons (Fsp3) is 0.625. The van der Waals surface area contributed by atoms with Crippen LogP contribution >= 0.6 is 0 Å². The lowest BCUT2D eigenvalue weighted by Crippen LogP contribution is -2.39. The Morgan fingerprint density at radius 2 is 1.67 bits per heavy atom. The van der Waals surface area contributed by atoms with Crippen LogP contribution in [-0.4, -0.2) is 11.1 Å². The van der Waals surface area contributed by atoms with Crippen molar-refractivity contribution in [2.45, 2.75) is 52.5 Å². The lowest BCUT2D eigenvalue weighted by molar-refractivity contribution is 0.163. The lowest BCUT2D eigenvalue weighted by atomic mass is 9.69. The van der Waals surface area contributed by atoms with Gasteiger partial charge in [0.1, 0.15) is 5.75 Å². The summed E-state index contributed by atoms with van der Waals surface area (Å²) >= 11 is 0. The highest BCUT2D eigenvalue weighted by atomic mass is 16.3. The number of phenolic OH excluding ortho intramolecular Hbond substituents is 1. The second kappa shape index (κ2) is 5.21. The summed E-state index contributed by atoms with van der Waals surface area (Å²) in [5.41, 5.74) is 1.48. The predicted molar refractivity (Wildman–Crippen MR) is 76.9 cm³/mol. The maximum absolute atomic E-state index is 9.32. The molecule has 0 radical (unpaired) electrons. The highest BCUT2D eigenvalue weighted by molar-refractivity contribution is 5.47. The number of aromatic hydroxyl groups is 1. The summed E-state index contributed by atoms with van der Waals surface area (Å²) < 4.78 is 0. The van der Waals surface area contributed by atoms with Crippen molar-refractivity contribution in [3.8, 4) is 5.75 Å². The molecule has 0 aliphatic heterocycles. The van der Waals surface area contributed by atoms with Crippen LogP contribution in [-0.2, 0) is 0 Å². The molecule has 2 unspecified atom stereocenters. The standard InChI is InChI=1S/C16H25NO/c1-16(2,3)14-6-4-5-7-15(14)17-12-8-10-13(18)11-9-12/h8-11,14-15,17-18H,4-7H2,1-3H3. The Balaban J connectivity index is 2.08. The van der Waals surface area contributed by atoms with Crippen LogP contribution in [0.4, 0.5) is 5.69 Å². The number of hydrogen-bond donors (Lipinski definition) is 2. The van der Waals surface area contributed by atoms with E-state index < -0.39 is 0 Å². The van der Waals surface area contributed by atoms with E-state index in [2.05, 4.69) is 26.1 Å². The Morgan fingerprint density at radius 3 is 2.28 bits per heavy atom. The van der Waals surface area contributed by atoms with E-state index in [-0.39, 0.29) is 0 Å². The summed E-state index contributed by atoms with van der Waals surface area (Å²) in [5, 5.41) is 13.0. The molecule has 1 aromatic carbocycles. The molecular weight excluding hydrogens is 222 g/mol. The molecule has 100 valence electrons. The summed E-state index contributed by atoms with van der Waals surface area (Å²) in [6.07, 6.45) is 5.25. The molecule has 0 spiro atoms. The Hall–Kier alpha value is -1.18. The molecule has 2 heteroatoms. The second-order valence-corrected chi connectivity index (χ2v) is 6.55. The van der Waals surface area contributed by atoms with Gasteiger partial charge in [-0.25, -0.2) is 0 Å². The molecule has 2 nitrogen and oxygen atoms in total. The Morgan fingerprint density at radius 1 is 1.06 bits per heavy atom. The van der Waals surface area contributed by atoms with E-state index in [4.69, 9.17) is 0 Å². The molecule has 2 atom stereocenters. The number of nitrogens with one attached hydrogen (secondary N) is 1. The van der Waals surface area contributed by atoms with Gasteiger partial charge in [-0.1, -0.05) is 33.6 Å². The molecular formula is C16H25NO. The van der Waals surface area contributed by atoms with E-state index in [0.29, 0.717) is 17.2 Å². The van der Waals surface area contributed by atoms with Crippen molar-refractivity contribution < 1.29 is 5.11 Å². The largest absolute Gasteiger partial charge is 0.508 e. The first-order chi connectivity index (χ1) is 8.47. The van der Waals surface area contributed by atoms with Gasteiger partial charge in [0.2, 0.25) is 0 Å². The van der Waals surface area contributed by atoms with Crippen molar-refractivity contribution in [2.24, 2.45) is 11.3 Å². The summed E-state index contributed by atoms with van der Waals surface area (Å²) in [4.78, 5) is 0. The number of rotatable bonds is 2.